The summed E-state index contributed by atoms with van der Waals surface area (Å²) < 4.78 is 10.1. The minimum absolute atomic E-state index is 0.0414. The molecule has 0 aromatic heterocycles. The Morgan fingerprint density at radius 2 is 1.92 bits per heavy atom. The number of alkyl carbamates (subject to hydrolysis) is 1. The Kier molecular flexibility index (Phi) is 8.15. The summed E-state index contributed by atoms with van der Waals surface area (Å²) in [5.41, 5.74) is 0.250. The van der Waals surface area contributed by atoms with E-state index in [0.29, 0.717) is 0 Å². The van der Waals surface area contributed by atoms with Crippen LogP contribution in [-0.4, -0.2) is 41.5 Å². The topological polar surface area (TPSA) is 84.9 Å². The zero-order chi connectivity index (χ0) is 18.9. The van der Waals surface area contributed by atoms with Crippen LogP contribution < -0.4 is 5.32 Å². The first kappa shape index (κ1) is 20.7. The molecule has 25 heavy (non-hydrogen) atoms. The Morgan fingerprint density at radius 1 is 1.28 bits per heavy atom. The van der Waals surface area contributed by atoms with Crippen molar-refractivity contribution in [3.8, 4) is 0 Å². The van der Waals surface area contributed by atoms with Crippen molar-refractivity contribution in [2.75, 3.05) is 6.61 Å². The average Bonchev–Trinajstić information content (AvgIpc) is 2.51. The predicted octanol–water partition coefficient (Wildman–Crippen LogP) is 2.60. The normalized spacial score (nSPS) is 13.4. The molecule has 0 bridgehead atoms. The highest BCUT2D eigenvalue weighted by Gasteiger charge is 2.27. The highest BCUT2D eigenvalue weighted by Crippen LogP contribution is 2.13. The number of ether oxygens (including phenoxy) is 2. The van der Waals surface area contributed by atoms with E-state index in [-0.39, 0.29) is 19.4 Å². The van der Waals surface area contributed by atoms with E-state index in [1.165, 1.54) is 6.08 Å². The first-order valence-electron chi connectivity index (χ1n) is 8.19. The summed E-state index contributed by atoms with van der Waals surface area (Å²) in [4.78, 5) is 23.9. The van der Waals surface area contributed by atoms with E-state index in [0.717, 1.165) is 5.56 Å². The number of carbonyl (C=O) groups excluding carboxylic acids is 2. The molecule has 1 aromatic rings. The Balaban J connectivity index is 2.76. The molecule has 2 unspecified atom stereocenters. The van der Waals surface area contributed by atoms with E-state index in [1.54, 1.807) is 20.8 Å². The molecule has 0 spiro atoms. The van der Waals surface area contributed by atoms with Gasteiger partial charge in [-0.2, -0.15) is 0 Å². The monoisotopic (exact) mass is 349 g/mol. The number of nitrogens with one attached hydrogen (secondary N) is 1. The van der Waals surface area contributed by atoms with Crippen molar-refractivity contribution in [3.63, 3.8) is 0 Å². The van der Waals surface area contributed by atoms with E-state index in [2.05, 4.69) is 11.9 Å². The van der Waals surface area contributed by atoms with E-state index < -0.39 is 29.8 Å². The van der Waals surface area contributed by atoms with Gasteiger partial charge in [-0.3, -0.25) is 4.79 Å². The van der Waals surface area contributed by atoms with Crippen LogP contribution in [0.1, 0.15) is 32.8 Å². The van der Waals surface area contributed by atoms with Gasteiger partial charge in [-0.05, 0) is 26.3 Å². The average molecular weight is 349 g/mol. The summed E-state index contributed by atoms with van der Waals surface area (Å²) in [7, 11) is 0. The molecule has 0 heterocycles. The van der Waals surface area contributed by atoms with Gasteiger partial charge in [0.1, 0.15) is 12.2 Å². The van der Waals surface area contributed by atoms with Gasteiger partial charge >= 0.3 is 12.1 Å². The van der Waals surface area contributed by atoms with Crippen LogP contribution in [0.4, 0.5) is 4.79 Å². The van der Waals surface area contributed by atoms with Gasteiger partial charge in [0.05, 0.1) is 18.6 Å². The summed E-state index contributed by atoms with van der Waals surface area (Å²) in [6, 6.07) is 8.49. The molecule has 2 atom stereocenters. The zero-order valence-electron chi connectivity index (χ0n) is 15.0. The predicted molar refractivity (Wildman–Crippen MR) is 95.1 cm³/mol. The van der Waals surface area contributed by atoms with Crippen LogP contribution in [0.15, 0.2) is 43.0 Å². The van der Waals surface area contributed by atoms with Crippen molar-refractivity contribution in [1.29, 1.82) is 0 Å². The maximum Gasteiger partial charge on any atom is 0.407 e. The molecule has 0 aliphatic rings. The molecule has 0 aliphatic heterocycles. The van der Waals surface area contributed by atoms with E-state index in [4.69, 9.17) is 9.47 Å². The lowest BCUT2D eigenvalue weighted by Gasteiger charge is -2.26. The standard InChI is InChI=1S/C19H27NO5/c1-5-11-24-18(23)20-15(13-17(22)25-19(2,3)4)16(21)12-14-9-7-6-8-10-14/h5-10,15-16,21H,1,11-13H2,2-4H3,(H,20,23). The van der Waals surface area contributed by atoms with Gasteiger partial charge in [-0.25, -0.2) is 4.79 Å². The molecule has 0 saturated carbocycles. The van der Waals surface area contributed by atoms with Crippen molar-refractivity contribution in [3.05, 3.63) is 48.6 Å². The SMILES string of the molecule is C=CCOC(=O)NC(CC(=O)OC(C)(C)C)C(O)Cc1ccccc1. The highest BCUT2D eigenvalue weighted by molar-refractivity contribution is 5.73. The lowest BCUT2D eigenvalue weighted by atomic mass is 9.99. The second kappa shape index (κ2) is 9.84. The lowest BCUT2D eigenvalue weighted by molar-refractivity contribution is -0.156. The molecule has 1 rings (SSSR count). The first-order valence-corrected chi connectivity index (χ1v) is 8.19. The quantitative estimate of drug-likeness (QED) is 0.557. The van der Waals surface area contributed by atoms with Gasteiger partial charge in [0.25, 0.3) is 0 Å². The molecule has 0 aliphatic carbocycles. The van der Waals surface area contributed by atoms with Crippen LogP contribution in [0, 0.1) is 0 Å². The fraction of sp³-hybridized carbons (Fsp3) is 0.474. The van der Waals surface area contributed by atoms with Crippen LogP contribution >= 0.6 is 0 Å². The molecule has 138 valence electrons. The van der Waals surface area contributed by atoms with Gasteiger partial charge in [-0.15, -0.1) is 0 Å². The van der Waals surface area contributed by atoms with Gasteiger partial charge < -0.3 is 19.9 Å². The van der Waals surface area contributed by atoms with Crippen LogP contribution in [0.2, 0.25) is 0 Å². The Morgan fingerprint density at radius 3 is 2.48 bits per heavy atom. The third-order valence-electron chi connectivity index (χ3n) is 3.19. The van der Waals surface area contributed by atoms with Crippen molar-refractivity contribution in [2.45, 2.75) is 51.4 Å². The largest absolute Gasteiger partial charge is 0.460 e. The molecule has 0 saturated heterocycles. The lowest BCUT2D eigenvalue weighted by Crippen LogP contribution is -2.46. The maximum atomic E-state index is 12.1. The minimum Gasteiger partial charge on any atom is -0.460 e. The summed E-state index contributed by atoms with van der Waals surface area (Å²) in [6.07, 6.45) is -0.125. The molecule has 0 fully saturated rings. The number of amides is 1. The number of rotatable bonds is 8. The molecule has 6 nitrogen and oxygen atoms in total. The molecule has 1 aromatic carbocycles. The fourth-order valence-electron chi connectivity index (χ4n) is 2.17. The summed E-state index contributed by atoms with van der Waals surface area (Å²) in [5, 5.41) is 13.0. The van der Waals surface area contributed by atoms with Crippen molar-refractivity contribution in [2.24, 2.45) is 0 Å². The second-order valence-corrected chi connectivity index (χ2v) is 6.69. The Hall–Kier alpha value is -2.34. The first-order chi connectivity index (χ1) is 11.7. The number of esters is 1. The number of hydrogen-bond donors (Lipinski definition) is 2. The smallest absolute Gasteiger partial charge is 0.407 e. The number of benzene rings is 1. The van der Waals surface area contributed by atoms with E-state index >= 15 is 0 Å². The van der Waals surface area contributed by atoms with Crippen molar-refractivity contribution >= 4 is 12.1 Å². The fourth-order valence-corrected chi connectivity index (χ4v) is 2.17. The van der Waals surface area contributed by atoms with Crippen LogP contribution in [-0.2, 0) is 20.7 Å². The Labute approximate surface area is 148 Å². The van der Waals surface area contributed by atoms with Gasteiger partial charge in [0, 0.05) is 6.42 Å². The number of hydrogen-bond acceptors (Lipinski definition) is 5. The van der Waals surface area contributed by atoms with E-state index in [9.17, 15) is 14.7 Å². The molecule has 0 radical (unpaired) electrons. The van der Waals surface area contributed by atoms with Gasteiger partial charge in [0.15, 0.2) is 0 Å². The Bertz CT molecular complexity index is 565. The zero-order valence-corrected chi connectivity index (χ0v) is 15.0. The summed E-state index contributed by atoms with van der Waals surface area (Å²) >= 11 is 0. The summed E-state index contributed by atoms with van der Waals surface area (Å²) in [6.45, 7) is 8.77. The number of carbonyl (C=O) groups is 2. The second-order valence-electron chi connectivity index (χ2n) is 6.69. The molecular weight excluding hydrogens is 322 g/mol. The van der Waals surface area contributed by atoms with E-state index in [1.807, 2.05) is 30.3 Å². The summed E-state index contributed by atoms with van der Waals surface area (Å²) in [5.74, 6) is -0.506. The van der Waals surface area contributed by atoms with Gasteiger partial charge in [-0.1, -0.05) is 43.0 Å². The van der Waals surface area contributed by atoms with Gasteiger partial charge in [0.2, 0.25) is 0 Å². The maximum absolute atomic E-state index is 12.1. The van der Waals surface area contributed by atoms with Crippen molar-refractivity contribution < 1.29 is 24.2 Å². The minimum atomic E-state index is -0.966. The third kappa shape index (κ3) is 8.91. The van der Waals surface area contributed by atoms with Crippen LogP contribution in [0.5, 0.6) is 0 Å². The third-order valence-corrected chi connectivity index (χ3v) is 3.19. The molecule has 6 heteroatoms. The van der Waals surface area contributed by atoms with Crippen LogP contribution in [0.3, 0.4) is 0 Å². The van der Waals surface area contributed by atoms with Crippen LogP contribution in [0.25, 0.3) is 0 Å². The highest BCUT2D eigenvalue weighted by atomic mass is 16.6. The molecule has 1 amide bonds. The van der Waals surface area contributed by atoms with Crippen molar-refractivity contribution in [1.82, 2.24) is 5.32 Å². The molecular formula is C19H27NO5. The molecule has 2 N–H and O–H groups in total. The number of aliphatic hydroxyl groups excluding tert-OH is 1. The number of aliphatic hydroxyl groups is 1.